The Kier molecular flexibility index (Phi) is 3.92. The van der Waals surface area contributed by atoms with Gasteiger partial charge in [0.1, 0.15) is 0 Å². The summed E-state index contributed by atoms with van der Waals surface area (Å²) in [7, 11) is -1.47. The maximum atomic E-state index is 12.0. The minimum atomic E-state index is -3.17. The van der Waals surface area contributed by atoms with Crippen molar-refractivity contribution in [3.05, 3.63) is 24.3 Å². The van der Waals surface area contributed by atoms with Crippen molar-refractivity contribution in [1.82, 2.24) is 0 Å². The first kappa shape index (κ1) is 13.4. The van der Waals surface area contributed by atoms with Crippen LogP contribution in [0, 0.1) is 0 Å². The summed E-state index contributed by atoms with van der Waals surface area (Å²) >= 11 is 0. The smallest absolute Gasteiger partial charge is 0.180 e. The fourth-order valence-corrected chi connectivity index (χ4v) is 3.17. The molecular formula is C13H19NO3S. The number of hydrogen-bond acceptors (Lipinski definition) is 4. The Morgan fingerprint density at radius 2 is 2.00 bits per heavy atom. The molecule has 1 saturated carbocycles. The first-order valence-corrected chi connectivity index (χ1v) is 7.83. The van der Waals surface area contributed by atoms with E-state index in [0.29, 0.717) is 22.7 Å². The molecule has 100 valence electrons. The number of methoxy groups -OCH3 is 1. The maximum Gasteiger partial charge on any atom is 0.180 e. The summed E-state index contributed by atoms with van der Waals surface area (Å²) in [6.45, 7) is 1.66. The zero-order valence-electron chi connectivity index (χ0n) is 10.7. The van der Waals surface area contributed by atoms with Gasteiger partial charge in [0.15, 0.2) is 9.84 Å². The number of benzene rings is 1. The zero-order chi connectivity index (χ0) is 13.2. The summed E-state index contributed by atoms with van der Waals surface area (Å²) in [5.41, 5.74) is 0.707. The molecule has 0 unspecified atom stereocenters. The van der Waals surface area contributed by atoms with E-state index >= 15 is 0 Å². The highest BCUT2D eigenvalue weighted by Crippen LogP contribution is 2.29. The molecule has 0 bridgehead atoms. The van der Waals surface area contributed by atoms with Gasteiger partial charge in [-0.3, -0.25) is 0 Å². The van der Waals surface area contributed by atoms with Gasteiger partial charge in [0.25, 0.3) is 0 Å². The molecule has 1 aromatic carbocycles. The molecule has 1 fully saturated rings. The van der Waals surface area contributed by atoms with Crippen LogP contribution in [-0.4, -0.2) is 33.4 Å². The summed E-state index contributed by atoms with van der Waals surface area (Å²) in [5.74, 6) is 0.122. The highest BCUT2D eigenvalue weighted by Gasteiger charge is 2.30. The predicted molar refractivity (Wildman–Crippen MR) is 71.6 cm³/mol. The fourth-order valence-electron chi connectivity index (χ4n) is 2.11. The fraction of sp³-hybridized carbons (Fsp3) is 0.538. The van der Waals surface area contributed by atoms with Crippen molar-refractivity contribution in [2.24, 2.45) is 0 Å². The van der Waals surface area contributed by atoms with Crippen LogP contribution in [0.4, 0.5) is 5.69 Å². The van der Waals surface area contributed by atoms with E-state index in [-0.39, 0.29) is 5.75 Å². The average molecular weight is 269 g/mol. The molecule has 0 spiro atoms. The molecule has 5 heteroatoms. The molecule has 0 aromatic heterocycles. The monoisotopic (exact) mass is 269 g/mol. The lowest BCUT2D eigenvalue weighted by Gasteiger charge is -2.35. The number of para-hydroxylation sites is 1. The normalized spacial score (nSPS) is 23.4. The van der Waals surface area contributed by atoms with Gasteiger partial charge in [0, 0.05) is 13.2 Å². The third kappa shape index (κ3) is 2.67. The van der Waals surface area contributed by atoms with Crippen molar-refractivity contribution in [2.75, 3.05) is 18.2 Å². The lowest BCUT2D eigenvalue weighted by molar-refractivity contribution is 0.0328. The van der Waals surface area contributed by atoms with Crippen molar-refractivity contribution < 1.29 is 13.2 Å². The van der Waals surface area contributed by atoms with Gasteiger partial charge in [0.2, 0.25) is 0 Å². The van der Waals surface area contributed by atoms with E-state index in [2.05, 4.69) is 5.32 Å². The third-order valence-electron chi connectivity index (χ3n) is 3.39. The molecule has 0 saturated heterocycles. The van der Waals surface area contributed by atoms with Gasteiger partial charge in [-0.25, -0.2) is 8.42 Å². The lowest BCUT2D eigenvalue weighted by Crippen LogP contribution is -2.40. The lowest BCUT2D eigenvalue weighted by atomic mass is 9.89. The van der Waals surface area contributed by atoms with E-state index in [1.165, 1.54) is 0 Å². The molecule has 0 atom stereocenters. The van der Waals surface area contributed by atoms with E-state index in [4.69, 9.17) is 4.74 Å². The topological polar surface area (TPSA) is 55.4 Å². The Bertz CT molecular complexity index is 507. The molecule has 2 rings (SSSR count). The molecule has 1 aliphatic rings. The van der Waals surface area contributed by atoms with E-state index in [1.807, 2.05) is 12.1 Å². The Morgan fingerprint density at radius 3 is 2.61 bits per heavy atom. The zero-order valence-corrected chi connectivity index (χ0v) is 11.5. The average Bonchev–Trinajstić information content (AvgIpc) is 2.33. The quantitative estimate of drug-likeness (QED) is 0.889. The van der Waals surface area contributed by atoms with Gasteiger partial charge >= 0.3 is 0 Å². The summed E-state index contributed by atoms with van der Waals surface area (Å²) in [5, 5.41) is 3.29. The van der Waals surface area contributed by atoms with Gasteiger partial charge in [-0.1, -0.05) is 19.1 Å². The Balaban J connectivity index is 2.14. The van der Waals surface area contributed by atoms with E-state index in [9.17, 15) is 8.42 Å². The number of hydrogen-bond donors (Lipinski definition) is 1. The van der Waals surface area contributed by atoms with Gasteiger partial charge in [-0.15, -0.1) is 0 Å². The standard InChI is InChI=1S/C13H19NO3S/c1-3-18(15,16)13-7-5-4-6-12(13)14-10-8-11(9-10)17-2/h4-7,10-11,14H,3,8-9H2,1-2H3. The van der Waals surface area contributed by atoms with Crippen molar-refractivity contribution in [3.63, 3.8) is 0 Å². The van der Waals surface area contributed by atoms with Crippen molar-refractivity contribution in [3.8, 4) is 0 Å². The van der Waals surface area contributed by atoms with Crippen LogP contribution < -0.4 is 5.32 Å². The second-order valence-electron chi connectivity index (χ2n) is 4.57. The second kappa shape index (κ2) is 5.28. The van der Waals surface area contributed by atoms with E-state index < -0.39 is 9.84 Å². The maximum absolute atomic E-state index is 12.0. The molecule has 0 radical (unpaired) electrons. The third-order valence-corrected chi connectivity index (χ3v) is 5.18. The van der Waals surface area contributed by atoms with Crippen LogP contribution in [-0.2, 0) is 14.6 Å². The van der Waals surface area contributed by atoms with Crippen LogP contribution in [0.5, 0.6) is 0 Å². The molecule has 18 heavy (non-hydrogen) atoms. The van der Waals surface area contributed by atoms with Crippen LogP contribution in [0.15, 0.2) is 29.2 Å². The first-order chi connectivity index (χ1) is 8.56. The van der Waals surface area contributed by atoms with Gasteiger partial charge in [-0.2, -0.15) is 0 Å². The number of anilines is 1. The molecule has 1 N–H and O–H groups in total. The highest BCUT2D eigenvalue weighted by atomic mass is 32.2. The van der Waals surface area contributed by atoms with Crippen LogP contribution in [0.1, 0.15) is 19.8 Å². The molecule has 0 amide bonds. The summed E-state index contributed by atoms with van der Waals surface area (Å²) in [6.07, 6.45) is 2.16. The minimum absolute atomic E-state index is 0.122. The second-order valence-corrected chi connectivity index (χ2v) is 6.82. The minimum Gasteiger partial charge on any atom is -0.381 e. The van der Waals surface area contributed by atoms with Crippen LogP contribution >= 0.6 is 0 Å². The molecule has 0 heterocycles. The largest absolute Gasteiger partial charge is 0.381 e. The molecule has 1 aromatic rings. The molecule has 1 aliphatic carbocycles. The van der Waals surface area contributed by atoms with Gasteiger partial charge < -0.3 is 10.1 Å². The molecular weight excluding hydrogens is 250 g/mol. The van der Waals surface area contributed by atoms with Gasteiger partial charge in [-0.05, 0) is 25.0 Å². The highest BCUT2D eigenvalue weighted by molar-refractivity contribution is 7.91. The van der Waals surface area contributed by atoms with E-state index in [1.54, 1.807) is 26.2 Å². The van der Waals surface area contributed by atoms with Crippen LogP contribution in [0.2, 0.25) is 0 Å². The van der Waals surface area contributed by atoms with Gasteiger partial charge in [0.05, 0.1) is 22.4 Å². The summed E-state index contributed by atoms with van der Waals surface area (Å²) in [4.78, 5) is 0.397. The summed E-state index contributed by atoms with van der Waals surface area (Å²) in [6, 6.07) is 7.40. The van der Waals surface area contributed by atoms with Crippen molar-refractivity contribution >= 4 is 15.5 Å². The Hall–Kier alpha value is -1.07. The Morgan fingerprint density at radius 1 is 1.33 bits per heavy atom. The molecule has 0 aliphatic heterocycles. The molecule has 4 nitrogen and oxygen atoms in total. The van der Waals surface area contributed by atoms with Crippen molar-refractivity contribution in [1.29, 1.82) is 0 Å². The van der Waals surface area contributed by atoms with Crippen molar-refractivity contribution in [2.45, 2.75) is 36.8 Å². The SMILES string of the molecule is CCS(=O)(=O)c1ccccc1NC1CC(OC)C1. The Labute approximate surface area is 108 Å². The van der Waals surface area contributed by atoms with Crippen LogP contribution in [0.3, 0.4) is 0 Å². The number of sulfone groups is 1. The number of rotatable bonds is 5. The first-order valence-electron chi connectivity index (χ1n) is 6.18. The summed E-state index contributed by atoms with van der Waals surface area (Å²) < 4.78 is 29.1. The predicted octanol–water partition coefficient (Wildman–Crippen LogP) is 2.07. The van der Waals surface area contributed by atoms with E-state index in [0.717, 1.165) is 12.8 Å². The number of nitrogens with one attached hydrogen (secondary N) is 1. The van der Waals surface area contributed by atoms with Crippen LogP contribution in [0.25, 0.3) is 0 Å². The number of ether oxygens (including phenoxy) is 1.